The van der Waals surface area contributed by atoms with Gasteiger partial charge in [0.1, 0.15) is 15.7 Å². The maximum Gasteiger partial charge on any atom is 0.321 e. The van der Waals surface area contributed by atoms with Gasteiger partial charge in [0.15, 0.2) is 0 Å². The molecule has 0 aliphatic carbocycles. The third-order valence-corrected chi connectivity index (χ3v) is 2.63. The predicted molar refractivity (Wildman–Crippen MR) is 62.9 cm³/mol. The number of thiazole rings is 1. The van der Waals surface area contributed by atoms with Gasteiger partial charge in [0.05, 0.1) is 6.20 Å². The van der Waals surface area contributed by atoms with E-state index in [1.165, 1.54) is 17.4 Å². The van der Waals surface area contributed by atoms with Crippen molar-refractivity contribution in [3.63, 3.8) is 0 Å². The third-order valence-electron chi connectivity index (χ3n) is 1.84. The molecule has 2 aromatic rings. The molecule has 0 saturated carbocycles. The summed E-state index contributed by atoms with van der Waals surface area (Å²) in [7, 11) is 0. The number of nitrogens with two attached hydrogens (primary N) is 1. The van der Waals surface area contributed by atoms with Crippen molar-refractivity contribution < 1.29 is 4.92 Å². The summed E-state index contributed by atoms with van der Waals surface area (Å²) in [4.78, 5) is 16.6. The molecule has 7 heteroatoms. The zero-order chi connectivity index (χ0) is 11.5. The summed E-state index contributed by atoms with van der Waals surface area (Å²) in [6.45, 7) is 0. The van der Waals surface area contributed by atoms with Gasteiger partial charge < -0.3 is 15.8 Å². The minimum Gasteiger partial charge on any atom is -0.389 e. The van der Waals surface area contributed by atoms with Gasteiger partial charge in [0.2, 0.25) is 0 Å². The Labute approximate surface area is 94.6 Å². The van der Waals surface area contributed by atoms with Crippen molar-refractivity contribution in [1.82, 2.24) is 9.97 Å². The Bertz CT molecular complexity index is 543. The minimum atomic E-state index is -0.473. The molecule has 2 heterocycles. The molecular weight excluding hydrogens is 228 g/mol. The second-order valence-electron chi connectivity index (χ2n) is 2.99. The predicted octanol–water partition coefficient (Wildman–Crippen LogP) is 2.13. The molecule has 0 saturated heterocycles. The van der Waals surface area contributed by atoms with Gasteiger partial charge in [0.25, 0.3) is 0 Å². The first-order valence-electron chi connectivity index (χ1n) is 4.38. The molecule has 0 amide bonds. The second-order valence-corrected chi connectivity index (χ2v) is 4.08. The number of aromatic nitrogens is 2. The van der Waals surface area contributed by atoms with E-state index in [-0.39, 0.29) is 5.82 Å². The zero-order valence-electron chi connectivity index (χ0n) is 8.08. The van der Waals surface area contributed by atoms with Crippen LogP contribution in [0.5, 0.6) is 0 Å². The summed E-state index contributed by atoms with van der Waals surface area (Å²) >= 11 is 1.35. The van der Waals surface area contributed by atoms with E-state index in [0.717, 1.165) is 5.01 Å². The number of nitro groups is 1. The summed E-state index contributed by atoms with van der Waals surface area (Å²) in [5, 5.41) is 11.8. The molecule has 3 N–H and O–H groups in total. The van der Waals surface area contributed by atoms with Crippen LogP contribution in [-0.4, -0.2) is 14.9 Å². The molecule has 0 aliphatic rings. The third kappa shape index (κ3) is 2.26. The van der Waals surface area contributed by atoms with Crippen molar-refractivity contribution in [3.8, 4) is 0 Å². The Morgan fingerprint density at radius 3 is 2.88 bits per heavy atom. The average Bonchev–Trinajstić information content (AvgIpc) is 2.83. The maximum atomic E-state index is 10.4. The number of nitrogen functional groups attached to an aromatic ring is 1. The molecule has 0 aliphatic heterocycles. The monoisotopic (exact) mass is 236 g/mol. The smallest absolute Gasteiger partial charge is 0.321 e. The van der Waals surface area contributed by atoms with Crippen LogP contribution in [0, 0.1) is 10.1 Å². The molecule has 2 rings (SSSR count). The van der Waals surface area contributed by atoms with Crippen molar-refractivity contribution in [2.24, 2.45) is 0 Å². The van der Waals surface area contributed by atoms with Crippen LogP contribution < -0.4 is 5.73 Å². The summed E-state index contributed by atoms with van der Waals surface area (Å²) in [6.07, 6.45) is 5.03. The van der Waals surface area contributed by atoms with Crippen LogP contribution in [0.1, 0.15) is 10.7 Å². The Kier molecular flexibility index (Phi) is 2.69. The van der Waals surface area contributed by atoms with Crippen LogP contribution in [-0.2, 0) is 0 Å². The summed E-state index contributed by atoms with van der Waals surface area (Å²) < 4.78 is 0. The van der Waals surface area contributed by atoms with E-state index >= 15 is 0 Å². The highest BCUT2D eigenvalue weighted by atomic mass is 32.1. The molecule has 0 spiro atoms. The SMILES string of the molecule is Nc1cnc(/C=C/c2ccc([N+](=O)[O-])[nH]2)s1. The normalized spacial score (nSPS) is 11.0. The number of rotatable bonds is 3. The molecule has 0 atom stereocenters. The lowest BCUT2D eigenvalue weighted by Crippen LogP contribution is -1.86. The maximum absolute atomic E-state index is 10.4. The topological polar surface area (TPSA) is 97.8 Å². The van der Waals surface area contributed by atoms with Crippen LogP contribution in [0.25, 0.3) is 12.2 Å². The Morgan fingerprint density at radius 2 is 2.31 bits per heavy atom. The standard InChI is InChI=1S/C9H8N4O2S/c10-7-5-11-9(16-7)4-2-6-1-3-8(12-6)13(14)15/h1-5,12H,10H2/b4-2+. The van der Waals surface area contributed by atoms with Gasteiger partial charge >= 0.3 is 5.82 Å². The molecular formula is C9H8N4O2S. The lowest BCUT2D eigenvalue weighted by atomic mass is 10.4. The van der Waals surface area contributed by atoms with Crippen LogP contribution in [0.2, 0.25) is 0 Å². The van der Waals surface area contributed by atoms with Crippen LogP contribution >= 0.6 is 11.3 Å². The van der Waals surface area contributed by atoms with E-state index in [1.807, 2.05) is 0 Å². The molecule has 82 valence electrons. The van der Waals surface area contributed by atoms with E-state index in [0.29, 0.717) is 10.7 Å². The minimum absolute atomic E-state index is 0.0293. The van der Waals surface area contributed by atoms with Crippen molar-refractivity contribution in [1.29, 1.82) is 0 Å². The van der Waals surface area contributed by atoms with Crippen molar-refractivity contribution in [2.75, 3.05) is 5.73 Å². The van der Waals surface area contributed by atoms with E-state index in [2.05, 4.69) is 9.97 Å². The second kappa shape index (κ2) is 4.15. The van der Waals surface area contributed by atoms with E-state index in [9.17, 15) is 10.1 Å². The number of nitrogens with zero attached hydrogens (tertiary/aromatic N) is 2. The number of anilines is 1. The molecule has 2 aromatic heterocycles. The molecule has 6 nitrogen and oxygen atoms in total. The summed E-state index contributed by atoms with van der Waals surface area (Å²) in [5.41, 5.74) is 6.17. The number of hydrogen-bond acceptors (Lipinski definition) is 5. The van der Waals surface area contributed by atoms with Gasteiger partial charge in [0, 0.05) is 6.07 Å². The van der Waals surface area contributed by atoms with E-state index in [4.69, 9.17) is 5.73 Å². The summed E-state index contributed by atoms with van der Waals surface area (Å²) in [6, 6.07) is 3.04. The average molecular weight is 236 g/mol. The van der Waals surface area contributed by atoms with Crippen LogP contribution in [0.15, 0.2) is 18.3 Å². The Morgan fingerprint density at radius 1 is 1.50 bits per heavy atom. The van der Waals surface area contributed by atoms with E-state index in [1.54, 1.807) is 24.4 Å². The number of hydrogen-bond donors (Lipinski definition) is 2. The van der Waals surface area contributed by atoms with Gasteiger partial charge in [-0.25, -0.2) is 9.97 Å². The van der Waals surface area contributed by atoms with Crippen LogP contribution in [0.3, 0.4) is 0 Å². The van der Waals surface area contributed by atoms with Gasteiger partial charge in [-0.2, -0.15) is 0 Å². The molecule has 0 bridgehead atoms. The number of nitrogens with one attached hydrogen (secondary N) is 1. The molecule has 0 radical (unpaired) electrons. The largest absolute Gasteiger partial charge is 0.389 e. The highest BCUT2D eigenvalue weighted by molar-refractivity contribution is 7.16. The number of aromatic amines is 1. The lowest BCUT2D eigenvalue weighted by molar-refractivity contribution is -0.389. The van der Waals surface area contributed by atoms with Gasteiger partial charge in [-0.1, -0.05) is 11.3 Å². The first-order valence-corrected chi connectivity index (χ1v) is 5.19. The molecule has 16 heavy (non-hydrogen) atoms. The first-order chi connectivity index (χ1) is 7.65. The van der Waals surface area contributed by atoms with Gasteiger partial charge in [-0.3, -0.25) is 0 Å². The molecule has 0 fully saturated rings. The van der Waals surface area contributed by atoms with Crippen molar-refractivity contribution in [2.45, 2.75) is 0 Å². The highest BCUT2D eigenvalue weighted by Gasteiger charge is 2.05. The van der Waals surface area contributed by atoms with E-state index < -0.39 is 4.92 Å². The fourth-order valence-corrected chi connectivity index (χ4v) is 1.73. The first kappa shape index (κ1) is 10.4. The summed E-state index contributed by atoms with van der Waals surface area (Å²) in [5.74, 6) is -0.0293. The number of H-pyrrole nitrogens is 1. The van der Waals surface area contributed by atoms with Crippen molar-refractivity contribution >= 4 is 34.3 Å². The molecule has 0 aromatic carbocycles. The fraction of sp³-hybridized carbons (Fsp3) is 0. The quantitative estimate of drug-likeness (QED) is 0.630. The van der Waals surface area contributed by atoms with Crippen LogP contribution in [0.4, 0.5) is 10.8 Å². The van der Waals surface area contributed by atoms with Crippen molar-refractivity contribution in [3.05, 3.63) is 39.1 Å². The lowest BCUT2D eigenvalue weighted by Gasteiger charge is -1.86. The zero-order valence-corrected chi connectivity index (χ0v) is 8.90. The molecule has 0 unspecified atom stereocenters. The fourth-order valence-electron chi connectivity index (χ4n) is 1.14. The Balaban J connectivity index is 2.14. The van der Waals surface area contributed by atoms with Gasteiger partial charge in [-0.05, 0) is 23.1 Å². The highest BCUT2D eigenvalue weighted by Crippen LogP contribution is 2.18. The van der Waals surface area contributed by atoms with Gasteiger partial charge in [-0.15, -0.1) is 0 Å². The Hall–Kier alpha value is -2.15.